The monoisotopic (exact) mass is 259 g/mol. The summed E-state index contributed by atoms with van der Waals surface area (Å²) in [4.78, 5) is 0. The van der Waals surface area contributed by atoms with Crippen molar-refractivity contribution in [3.8, 4) is 0 Å². The smallest absolute Gasteiger partial charge is 0.0960 e. The Kier molecular flexibility index (Phi) is 3.80. The lowest BCUT2D eigenvalue weighted by molar-refractivity contribution is 0.0239. The second kappa shape index (κ2) is 5.72. The second-order valence-electron chi connectivity index (χ2n) is 5.06. The summed E-state index contributed by atoms with van der Waals surface area (Å²) in [7, 11) is 0. The first kappa shape index (κ1) is 12.6. The van der Waals surface area contributed by atoms with E-state index in [2.05, 4.69) is 41.6 Å². The van der Waals surface area contributed by atoms with Gasteiger partial charge in [0.1, 0.15) is 0 Å². The summed E-state index contributed by atoms with van der Waals surface area (Å²) < 4.78 is 8.05. The van der Waals surface area contributed by atoms with Crippen LogP contribution >= 0.6 is 0 Å². The number of nitrogens with one attached hydrogen (secondary N) is 1. The van der Waals surface area contributed by atoms with Gasteiger partial charge >= 0.3 is 0 Å². The van der Waals surface area contributed by atoms with Crippen molar-refractivity contribution in [3.63, 3.8) is 0 Å². The molecule has 1 atom stereocenters. The van der Waals surface area contributed by atoms with E-state index in [0.717, 1.165) is 31.7 Å². The van der Waals surface area contributed by atoms with Crippen molar-refractivity contribution < 1.29 is 4.74 Å². The number of hydrogen-bond donors (Lipinski definition) is 1. The Labute approximate surface area is 113 Å². The molecule has 3 rings (SSSR count). The molecular weight excluding hydrogens is 238 g/mol. The van der Waals surface area contributed by atoms with Crippen LogP contribution in [0.1, 0.15) is 25.5 Å². The number of benzene rings is 1. The van der Waals surface area contributed by atoms with Gasteiger partial charge in [-0.25, -0.2) is 0 Å². The van der Waals surface area contributed by atoms with E-state index >= 15 is 0 Å². The zero-order chi connectivity index (χ0) is 13.1. The van der Waals surface area contributed by atoms with Crippen LogP contribution in [0.5, 0.6) is 0 Å². The molecule has 2 heterocycles. The van der Waals surface area contributed by atoms with Crippen LogP contribution in [0, 0.1) is 0 Å². The molecule has 0 aliphatic carbocycles. The molecule has 0 bridgehead atoms. The largest absolute Gasteiger partial charge is 0.371 e. The molecule has 0 saturated carbocycles. The van der Waals surface area contributed by atoms with Gasteiger partial charge < -0.3 is 10.1 Å². The SMILES string of the molecule is CCn1nc(COC2CCCNC2)c2ccccc21. The number of ether oxygens (including phenoxy) is 1. The van der Waals surface area contributed by atoms with Crippen molar-refractivity contribution in [1.82, 2.24) is 15.1 Å². The van der Waals surface area contributed by atoms with Crippen LogP contribution < -0.4 is 5.32 Å². The van der Waals surface area contributed by atoms with Gasteiger partial charge in [-0.05, 0) is 32.4 Å². The van der Waals surface area contributed by atoms with Crippen molar-refractivity contribution in [1.29, 1.82) is 0 Å². The maximum absolute atomic E-state index is 6.00. The second-order valence-corrected chi connectivity index (χ2v) is 5.06. The zero-order valence-electron chi connectivity index (χ0n) is 11.4. The van der Waals surface area contributed by atoms with Gasteiger partial charge in [0, 0.05) is 18.5 Å². The predicted molar refractivity (Wildman–Crippen MR) is 76.1 cm³/mol. The van der Waals surface area contributed by atoms with Crippen LogP contribution in [0.25, 0.3) is 10.9 Å². The van der Waals surface area contributed by atoms with Crippen LogP contribution in [0.15, 0.2) is 24.3 Å². The van der Waals surface area contributed by atoms with Crippen LogP contribution in [0.4, 0.5) is 0 Å². The highest BCUT2D eigenvalue weighted by molar-refractivity contribution is 5.81. The Hall–Kier alpha value is -1.39. The van der Waals surface area contributed by atoms with Gasteiger partial charge in [-0.2, -0.15) is 5.10 Å². The van der Waals surface area contributed by atoms with Crippen molar-refractivity contribution in [2.24, 2.45) is 0 Å². The number of para-hydroxylation sites is 1. The van der Waals surface area contributed by atoms with Gasteiger partial charge in [-0.3, -0.25) is 4.68 Å². The van der Waals surface area contributed by atoms with Crippen molar-refractivity contribution >= 4 is 10.9 Å². The van der Waals surface area contributed by atoms with Crippen LogP contribution in [-0.2, 0) is 17.9 Å². The Morgan fingerprint density at radius 1 is 1.42 bits per heavy atom. The summed E-state index contributed by atoms with van der Waals surface area (Å²) >= 11 is 0. The molecule has 4 nitrogen and oxygen atoms in total. The van der Waals surface area contributed by atoms with Gasteiger partial charge in [0.05, 0.1) is 23.9 Å². The molecule has 4 heteroatoms. The molecule has 19 heavy (non-hydrogen) atoms. The first-order valence-electron chi connectivity index (χ1n) is 7.15. The van der Waals surface area contributed by atoms with E-state index in [-0.39, 0.29) is 0 Å². The highest BCUT2D eigenvalue weighted by Crippen LogP contribution is 2.20. The number of aromatic nitrogens is 2. The van der Waals surface area contributed by atoms with Crippen molar-refractivity contribution in [2.45, 2.75) is 39.0 Å². The third kappa shape index (κ3) is 2.65. The average Bonchev–Trinajstić information content (AvgIpc) is 2.84. The molecule has 1 aliphatic heterocycles. The Morgan fingerprint density at radius 3 is 3.11 bits per heavy atom. The first-order valence-corrected chi connectivity index (χ1v) is 7.15. The van der Waals surface area contributed by atoms with Crippen molar-refractivity contribution in [2.75, 3.05) is 13.1 Å². The average molecular weight is 259 g/mol. The molecule has 0 spiro atoms. The van der Waals surface area contributed by atoms with E-state index < -0.39 is 0 Å². The molecule has 1 N–H and O–H groups in total. The predicted octanol–water partition coefficient (Wildman–Crippen LogP) is 2.32. The summed E-state index contributed by atoms with van der Waals surface area (Å²) in [5.41, 5.74) is 2.26. The van der Waals surface area contributed by atoms with E-state index in [0.29, 0.717) is 12.7 Å². The lowest BCUT2D eigenvalue weighted by Crippen LogP contribution is -2.35. The summed E-state index contributed by atoms with van der Waals surface area (Å²) in [6.07, 6.45) is 2.69. The molecule has 102 valence electrons. The standard InChI is InChI=1S/C15H21N3O/c1-2-18-15-8-4-3-7-13(15)14(17-18)11-19-12-6-5-9-16-10-12/h3-4,7-8,12,16H,2,5-6,9-11H2,1H3. The number of fused-ring (bicyclic) bond motifs is 1. The molecule has 1 fully saturated rings. The Balaban J connectivity index is 1.76. The summed E-state index contributed by atoms with van der Waals surface area (Å²) in [5.74, 6) is 0. The maximum Gasteiger partial charge on any atom is 0.0960 e. The van der Waals surface area contributed by atoms with E-state index in [1.54, 1.807) is 0 Å². The van der Waals surface area contributed by atoms with Crippen LogP contribution in [0.3, 0.4) is 0 Å². The van der Waals surface area contributed by atoms with E-state index in [1.807, 2.05) is 4.68 Å². The van der Waals surface area contributed by atoms with Crippen LogP contribution in [-0.4, -0.2) is 29.0 Å². The minimum atomic E-state index is 0.333. The Bertz CT molecular complexity index is 543. The fourth-order valence-corrected chi connectivity index (χ4v) is 2.70. The number of aryl methyl sites for hydroxylation is 1. The minimum Gasteiger partial charge on any atom is -0.371 e. The third-order valence-electron chi connectivity index (χ3n) is 3.74. The highest BCUT2D eigenvalue weighted by Gasteiger charge is 2.15. The summed E-state index contributed by atoms with van der Waals surface area (Å²) in [6.45, 7) is 5.71. The Morgan fingerprint density at radius 2 is 2.32 bits per heavy atom. The topological polar surface area (TPSA) is 39.1 Å². The fraction of sp³-hybridized carbons (Fsp3) is 0.533. The maximum atomic E-state index is 6.00. The van der Waals surface area contributed by atoms with Gasteiger partial charge in [0.15, 0.2) is 0 Å². The molecule has 0 radical (unpaired) electrons. The van der Waals surface area contributed by atoms with Gasteiger partial charge in [0.25, 0.3) is 0 Å². The molecule has 0 amide bonds. The number of hydrogen-bond acceptors (Lipinski definition) is 3. The minimum absolute atomic E-state index is 0.333. The lowest BCUT2D eigenvalue weighted by Gasteiger charge is -2.22. The van der Waals surface area contributed by atoms with Crippen molar-refractivity contribution in [3.05, 3.63) is 30.0 Å². The molecule has 1 aromatic heterocycles. The highest BCUT2D eigenvalue weighted by atomic mass is 16.5. The quantitative estimate of drug-likeness (QED) is 0.916. The first-order chi connectivity index (χ1) is 9.38. The van der Waals surface area contributed by atoms with Crippen LogP contribution in [0.2, 0.25) is 0 Å². The molecular formula is C15H21N3O. The lowest BCUT2D eigenvalue weighted by atomic mass is 10.1. The third-order valence-corrected chi connectivity index (χ3v) is 3.74. The number of rotatable bonds is 4. The summed E-state index contributed by atoms with van der Waals surface area (Å²) in [5, 5.41) is 9.25. The van der Waals surface area contributed by atoms with Gasteiger partial charge in [-0.1, -0.05) is 18.2 Å². The number of nitrogens with zero attached hydrogens (tertiary/aromatic N) is 2. The normalized spacial score (nSPS) is 19.9. The van der Waals surface area contributed by atoms with E-state index in [1.165, 1.54) is 17.3 Å². The van der Waals surface area contributed by atoms with E-state index in [4.69, 9.17) is 4.74 Å². The van der Waals surface area contributed by atoms with Gasteiger partial charge in [-0.15, -0.1) is 0 Å². The summed E-state index contributed by atoms with van der Waals surface area (Å²) in [6, 6.07) is 8.38. The zero-order valence-corrected chi connectivity index (χ0v) is 11.4. The van der Waals surface area contributed by atoms with Gasteiger partial charge in [0.2, 0.25) is 0 Å². The molecule has 1 saturated heterocycles. The molecule has 1 aromatic carbocycles. The molecule has 1 unspecified atom stereocenters. The molecule has 1 aliphatic rings. The molecule has 2 aromatic rings. The van der Waals surface area contributed by atoms with E-state index in [9.17, 15) is 0 Å². The fourth-order valence-electron chi connectivity index (χ4n) is 2.70. The number of piperidine rings is 1.